The Morgan fingerprint density at radius 1 is 1.14 bits per heavy atom. The Bertz CT molecular complexity index is 1050. The maximum atomic E-state index is 12.3. The van der Waals surface area contributed by atoms with Crippen LogP contribution in [0.2, 0.25) is 0 Å². The highest BCUT2D eigenvalue weighted by Crippen LogP contribution is 2.46. The van der Waals surface area contributed by atoms with E-state index in [1.807, 2.05) is 6.07 Å². The molecule has 0 atom stereocenters. The van der Waals surface area contributed by atoms with Gasteiger partial charge >= 0.3 is 0 Å². The Morgan fingerprint density at radius 2 is 1.83 bits per heavy atom. The van der Waals surface area contributed by atoms with Gasteiger partial charge in [-0.15, -0.1) is 10.2 Å². The summed E-state index contributed by atoms with van der Waals surface area (Å²) in [4.78, 5) is 12.3. The van der Waals surface area contributed by atoms with Crippen LogP contribution in [-0.4, -0.2) is 16.1 Å². The van der Waals surface area contributed by atoms with Crippen LogP contribution in [0.25, 0.3) is 0 Å². The summed E-state index contributed by atoms with van der Waals surface area (Å²) < 4.78 is 5.83. The second-order valence-electron chi connectivity index (χ2n) is 9.23. The number of furan rings is 1. The lowest BCUT2D eigenvalue weighted by molar-refractivity contribution is 0.0995. The lowest BCUT2D eigenvalue weighted by Gasteiger charge is -2.42. The number of aryl methyl sites for hydroxylation is 1. The van der Waals surface area contributed by atoms with E-state index in [4.69, 9.17) is 4.42 Å². The summed E-state index contributed by atoms with van der Waals surface area (Å²) in [5.41, 5.74) is 7.37. The predicted octanol–water partition coefficient (Wildman–Crippen LogP) is 5.63. The van der Waals surface area contributed by atoms with E-state index >= 15 is 0 Å². The van der Waals surface area contributed by atoms with Crippen molar-refractivity contribution < 1.29 is 9.21 Å². The fourth-order valence-electron chi connectivity index (χ4n) is 4.13. The molecule has 1 amide bonds. The minimum Gasteiger partial charge on any atom is -0.456 e. The average molecular weight is 410 g/mol. The molecule has 4 rings (SSSR count). The van der Waals surface area contributed by atoms with Crippen molar-refractivity contribution in [3.05, 3.63) is 63.6 Å². The maximum absolute atomic E-state index is 12.3. The van der Waals surface area contributed by atoms with E-state index in [0.717, 1.165) is 5.76 Å². The van der Waals surface area contributed by atoms with Crippen LogP contribution >= 0.6 is 11.3 Å². The summed E-state index contributed by atoms with van der Waals surface area (Å²) in [5.74, 6) is 0.758. The summed E-state index contributed by atoms with van der Waals surface area (Å²) in [6.07, 6.45) is 3.06. The lowest BCUT2D eigenvalue weighted by Crippen LogP contribution is -2.34. The molecule has 3 aromatic rings. The zero-order chi connectivity index (χ0) is 20.8. The SMILES string of the molecule is Cc1cc2c(cc1Cc1ccc(C(=O)Nc3nncs3)o1)C(C)(C)CCC2(C)C. The zero-order valence-electron chi connectivity index (χ0n) is 17.6. The second-order valence-corrected chi connectivity index (χ2v) is 10.1. The molecule has 152 valence electrons. The molecular formula is C23H27N3O2S. The number of hydrogen-bond acceptors (Lipinski definition) is 5. The average Bonchev–Trinajstić information content (AvgIpc) is 3.32. The van der Waals surface area contributed by atoms with Crippen LogP contribution in [0.4, 0.5) is 5.13 Å². The van der Waals surface area contributed by atoms with Gasteiger partial charge in [-0.1, -0.05) is 51.2 Å². The predicted molar refractivity (Wildman–Crippen MR) is 116 cm³/mol. The van der Waals surface area contributed by atoms with Crippen LogP contribution in [0.15, 0.2) is 34.2 Å². The largest absolute Gasteiger partial charge is 0.456 e. The summed E-state index contributed by atoms with van der Waals surface area (Å²) in [6.45, 7) is 11.5. The van der Waals surface area contributed by atoms with Crippen LogP contribution in [0.3, 0.4) is 0 Å². The van der Waals surface area contributed by atoms with E-state index in [1.165, 1.54) is 46.4 Å². The molecule has 0 fully saturated rings. The van der Waals surface area contributed by atoms with Crippen molar-refractivity contribution in [2.75, 3.05) is 5.32 Å². The third-order valence-corrected chi connectivity index (χ3v) is 6.75. The molecule has 1 aromatic carbocycles. The summed E-state index contributed by atoms with van der Waals surface area (Å²) >= 11 is 1.27. The molecule has 0 bridgehead atoms. The van der Waals surface area contributed by atoms with Gasteiger partial charge in [-0.25, -0.2) is 0 Å². The van der Waals surface area contributed by atoms with Gasteiger partial charge in [0.1, 0.15) is 11.3 Å². The monoisotopic (exact) mass is 409 g/mol. The molecule has 6 heteroatoms. The third kappa shape index (κ3) is 3.86. The van der Waals surface area contributed by atoms with Crippen LogP contribution in [0.1, 0.15) is 79.1 Å². The Labute approximate surface area is 175 Å². The van der Waals surface area contributed by atoms with Crippen LogP contribution in [-0.2, 0) is 17.3 Å². The number of aromatic nitrogens is 2. The number of fused-ring (bicyclic) bond motifs is 1. The normalized spacial score (nSPS) is 17.0. The highest BCUT2D eigenvalue weighted by molar-refractivity contribution is 7.13. The van der Waals surface area contributed by atoms with Gasteiger partial charge in [0, 0.05) is 6.42 Å². The number of carbonyl (C=O) groups is 1. The van der Waals surface area contributed by atoms with Crippen molar-refractivity contribution in [2.24, 2.45) is 0 Å². The van der Waals surface area contributed by atoms with Crippen molar-refractivity contribution in [2.45, 2.75) is 64.7 Å². The first-order chi connectivity index (χ1) is 13.7. The highest BCUT2D eigenvalue weighted by atomic mass is 32.1. The van der Waals surface area contributed by atoms with Gasteiger partial charge in [0.25, 0.3) is 5.91 Å². The van der Waals surface area contributed by atoms with E-state index in [1.54, 1.807) is 11.6 Å². The zero-order valence-corrected chi connectivity index (χ0v) is 18.4. The number of hydrogen-bond donors (Lipinski definition) is 1. The van der Waals surface area contributed by atoms with Gasteiger partial charge < -0.3 is 4.42 Å². The first kappa shape index (κ1) is 19.8. The molecule has 2 heterocycles. The summed E-state index contributed by atoms with van der Waals surface area (Å²) in [5, 5.41) is 10.7. The van der Waals surface area contributed by atoms with Gasteiger partial charge in [0.05, 0.1) is 0 Å². The number of rotatable bonds is 4. The number of nitrogens with zero attached hydrogens (tertiary/aromatic N) is 2. The van der Waals surface area contributed by atoms with Crippen molar-refractivity contribution in [1.82, 2.24) is 10.2 Å². The van der Waals surface area contributed by atoms with E-state index in [2.05, 4.69) is 62.3 Å². The van der Waals surface area contributed by atoms with Crippen molar-refractivity contribution in [3.8, 4) is 0 Å². The van der Waals surface area contributed by atoms with Gasteiger partial charge in [0.15, 0.2) is 5.76 Å². The standard InChI is InChI=1S/C23H27N3O2S/c1-14-10-17-18(23(4,5)9-8-22(17,2)3)12-15(14)11-16-6-7-19(28-16)20(27)25-21-26-24-13-29-21/h6-7,10,12-13H,8-9,11H2,1-5H3,(H,25,26,27). The third-order valence-electron chi connectivity index (χ3n) is 6.14. The molecule has 1 N–H and O–H groups in total. The molecule has 0 aliphatic heterocycles. The Morgan fingerprint density at radius 3 is 2.48 bits per heavy atom. The second kappa shape index (κ2) is 7.10. The molecule has 0 unspecified atom stereocenters. The van der Waals surface area contributed by atoms with Crippen molar-refractivity contribution >= 4 is 22.4 Å². The van der Waals surface area contributed by atoms with Crippen molar-refractivity contribution in [3.63, 3.8) is 0 Å². The van der Waals surface area contributed by atoms with Gasteiger partial charge in [0.2, 0.25) is 5.13 Å². The number of amides is 1. The summed E-state index contributed by atoms with van der Waals surface area (Å²) in [6, 6.07) is 8.31. The van der Waals surface area contributed by atoms with Crippen molar-refractivity contribution in [1.29, 1.82) is 0 Å². The molecule has 0 radical (unpaired) electrons. The Kier molecular flexibility index (Phi) is 4.85. The molecule has 5 nitrogen and oxygen atoms in total. The van der Waals surface area contributed by atoms with E-state index < -0.39 is 0 Å². The smallest absolute Gasteiger partial charge is 0.293 e. The number of carbonyl (C=O) groups excluding carboxylic acids is 1. The molecule has 0 saturated heterocycles. The number of nitrogens with one attached hydrogen (secondary N) is 1. The lowest BCUT2D eigenvalue weighted by atomic mass is 9.62. The van der Waals surface area contributed by atoms with E-state index in [0.29, 0.717) is 11.6 Å². The van der Waals surface area contributed by atoms with Gasteiger partial charge in [-0.2, -0.15) is 0 Å². The number of benzene rings is 1. The van der Waals surface area contributed by atoms with E-state index in [9.17, 15) is 4.79 Å². The molecular weight excluding hydrogens is 382 g/mol. The quantitative estimate of drug-likeness (QED) is 0.606. The molecule has 2 aromatic heterocycles. The Hall–Kier alpha value is -2.47. The highest BCUT2D eigenvalue weighted by Gasteiger charge is 2.37. The van der Waals surface area contributed by atoms with Crippen LogP contribution in [0, 0.1) is 6.92 Å². The first-order valence-electron chi connectivity index (χ1n) is 9.96. The molecule has 29 heavy (non-hydrogen) atoms. The van der Waals surface area contributed by atoms with Gasteiger partial charge in [-0.05, 0) is 65.0 Å². The first-order valence-corrected chi connectivity index (χ1v) is 10.8. The minimum absolute atomic E-state index is 0.170. The van der Waals surface area contributed by atoms with E-state index in [-0.39, 0.29) is 22.5 Å². The Balaban J connectivity index is 1.59. The molecule has 1 aliphatic rings. The summed E-state index contributed by atoms with van der Waals surface area (Å²) in [7, 11) is 0. The topological polar surface area (TPSA) is 68.0 Å². The minimum atomic E-state index is -0.307. The molecule has 0 spiro atoms. The molecule has 1 aliphatic carbocycles. The molecule has 0 saturated carbocycles. The fourth-order valence-corrected chi connectivity index (χ4v) is 4.57. The van der Waals surface area contributed by atoms with Crippen LogP contribution in [0.5, 0.6) is 0 Å². The fraction of sp³-hybridized carbons (Fsp3) is 0.435. The number of anilines is 1. The maximum Gasteiger partial charge on any atom is 0.293 e. The van der Waals surface area contributed by atoms with Crippen LogP contribution < -0.4 is 5.32 Å². The van der Waals surface area contributed by atoms with Gasteiger partial charge in [-0.3, -0.25) is 10.1 Å².